The number of nitrogens with one attached hydrogen (secondary N) is 1. The van der Waals surface area contributed by atoms with E-state index in [1.165, 1.54) is 4.88 Å². The summed E-state index contributed by atoms with van der Waals surface area (Å²) in [7, 11) is 0. The zero-order chi connectivity index (χ0) is 14.8. The minimum absolute atomic E-state index is 0.436. The van der Waals surface area contributed by atoms with Gasteiger partial charge in [0.05, 0.1) is 0 Å². The van der Waals surface area contributed by atoms with E-state index in [1.807, 2.05) is 50.4 Å². The van der Waals surface area contributed by atoms with Crippen molar-refractivity contribution < 1.29 is 9.53 Å². The van der Waals surface area contributed by atoms with Gasteiger partial charge in [0.15, 0.2) is 0 Å². The first-order valence-corrected chi connectivity index (χ1v) is 8.04. The van der Waals surface area contributed by atoms with Gasteiger partial charge in [-0.3, -0.25) is 0 Å². The number of carbonyl (C=O) groups is 1. The molecular formula is C15H16AsNO2S. The fourth-order valence-electron chi connectivity index (χ4n) is 1.65. The van der Waals surface area contributed by atoms with Gasteiger partial charge in [-0.15, -0.1) is 0 Å². The van der Waals surface area contributed by atoms with E-state index in [9.17, 15) is 4.79 Å². The predicted molar refractivity (Wildman–Crippen MR) is 85.0 cm³/mol. The van der Waals surface area contributed by atoms with Crippen molar-refractivity contribution in [2.75, 3.05) is 5.32 Å². The normalized spacial score (nSPS) is 11.2. The van der Waals surface area contributed by atoms with E-state index < -0.39 is 11.7 Å². The average Bonchev–Trinajstić information content (AvgIpc) is 2.82. The summed E-state index contributed by atoms with van der Waals surface area (Å²) >= 11 is 4.17. The Morgan fingerprint density at radius 1 is 1.30 bits per heavy atom. The molecule has 0 aliphatic carbocycles. The molecule has 3 nitrogen and oxygen atoms in total. The van der Waals surface area contributed by atoms with Crippen LogP contribution >= 0.6 is 11.3 Å². The van der Waals surface area contributed by atoms with Crippen molar-refractivity contribution in [2.24, 2.45) is 0 Å². The van der Waals surface area contributed by atoms with E-state index in [-0.39, 0.29) is 0 Å². The van der Waals surface area contributed by atoms with Gasteiger partial charge in [0.1, 0.15) is 0 Å². The van der Waals surface area contributed by atoms with Gasteiger partial charge in [-0.25, -0.2) is 0 Å². The zero-order valence-electron chi connectivity index (χ0n) is 11.6. The minimum atomic E-state index is -0.496. The Morgan fingerprint density at radius 3 is 2.60 bits per heavy atom. The van der Waals surface area contributed by atoms with Gasteiger partial charge in [-0.2, -0.15) is 0 Å². The van der Waals surface area contributed by atoms with Gasteiger partial charge >= 0.3 is 132 Å². The number of anilines is 1. The van der Waals surface area contributed by atoms with Crippen molar-refractivity contribution in [3.8, 4) is 10.4 Å². The molecule has 1 aromatic carbocycles. The Hall–Kier alpha value is -1.25. The average molecular weight is 349 g/mol. The molecule has 104 valence electrons. The van der Waals surface area contributed by atoms with E-state index in [0.29, 0.717) is 0 Å². The quantitative estimate of drug-likeness (QED) is 0.842. The zero-order valence-corrected chi connectivity index (χ0v) is 14.3. The van der Waals surface area contributed by atoms with Crippen LogP contribution in [0.2, 0.25) is 0 Å². The van der Waals surface area contributed by atoms with Crippen LogP contribution in [0.15, 0.2) is 35.7 Å². The molecule has 0 saturated heterocycles. The monoisotopic (exact) mass is 349 g/mol. The van der Waals surface area contributed by atoms with E-state index in [4.69, 9.17) is 4.74 Å². The van der Waals surface area contributed by atoms with Crippen molar-refractivity contribution in [3.05, 3.63) is 35.7 Å². The molecule has 0 bridgehead atoms. The molecule has 0 spiro atoms. The Morgan fingerprint density at radius 2 is 2.05 bits per heavy atom. The number of ether oxygens (including phenoxy) is 1. The van der Waals surface area contributed by atoms with Crippen molar-refractivity contribution in [2.45, 2.75) is 26.4 Å². The third-order valence-electron chi connectivity index (χ3n) is 2.44. The second kappa shape index (κ2) is 6.02. The fourth-order valence-corrected chi connectivity index (χ4v) is 2.94. The molecule has 1 aromatic heterocycles. The SMILES string of the molecule is CC(C)(C)OC(=O)Nc1ccc(-c2cccs2)cc1[As]. The summed E-state index contributed by atoms with van der Waals surface area (Å²) in [5, 5.41) is 4.81. The van der Waals surface area contributed by atoms with Crippen LogP contribution in [0.25, 0.3) is 10.4 Å². The Kier molecular flexibility index (Phi) is 4.56. The van der Waals surface area contributed by atoms with Gasteiger partial charge in [0.2, 0.25) is 0 Å². The van der Waals surface area contributed by atoms with Crippen molar-refractivity contribution >= 4 is 44.3 Å². The second-order valence-electron chi connectivity index (χ2n) is 5.34. The van der Waals surface area contributed by atoms with Crippen LogP contribution in [0.5, 0.6) is 0 Å². The molecule has 1 N–H and O–H groups in total. The molecule has 2 rings (SSSR count). The molecule has 0 unspecified atom stereocenters. The Bertz CT molecular complexity index is 603. The van der Waals surface area contributed by atoms with Gasteiger partial charge in [0, 0.05) is 0 Å². The van der Waals surface area contributed by atoms with Gasteiger partial charge in [-0.1, -0.05) is 0 Å². The second-order valence-corrected chi connectivity index (χ2v) is 7.29. The molecule has 0 atom stereocenters. The molecule has 0 aliphatic heterocycles. The topological polar surface area (TPSA) is 38.3 Å². The number of amides is 1. The van der Waals surface area contributed by atoms with E-state index in [2.05, 4.69) is 28.2 Å². The molecule has 1 amide bonds. The van der Waals surface area contributed by atoms with Crippen LogP contribution in [0, 0.1) is 0 Å². The third kappa shape index (κ3) is 4.12. The first-order chi connectivity index (χ1) is 9.35. The van der Waals surface area contributed by atoms with Gasteiger partial charge in [-0.05, 0) is 0 Å². The first-order valence-electron chi connectivity index (χ1n) is 6.22. The number of hydrogen-bond donors (Lipinski definition) is 1. The predicted octanol–water partition coefficient (Wildman–Crippen LogP) is 3.56. The maximum absolute atomic E-state index is 11.8. The molecule has 5 heteroatoms. The van der Waals surface area contributed by atoms with E-state index in [1.54, 1.807) is 11.3 Å². The van der Waals surface area contributed by atoms with E-state index in [0.717, 1.165) is 15.6 Å². The van der Waals surface area contributed by atoms with Crippen molar-refractivity contribution in [1.29, 1.82) is 0 Å². The summed E-state index contributed by atoms with van der Waals surface area (Å²) in [4.78, 5) is 13.0. The Balaban J connectivity index is 2.13. The van der Waals surface area contributed by atoms with Gasteiger partial charge in [0.25, 0.3) is 0 Å². The molecule has 20 heavy (non-hydrogen) atoms. The number of rotatable bonds is 2. The summed E-state index contributed by atoms with van der Waals surface area (Å²) in [6, 6.07) is 10.0. The summed E-state index contributed by atoms with van der Waals surface area (Å²) in [6.45, 7) is 5.53. The van der Waals surface area contributed by atoms with Crippen LogP contribution in [0.1, 0.15) is 20.8 Å². The van der Waals surface area contributed by atoms with Crippen LogP contribution < -0.4 is 9.67 Å². The summed E-state index contributed by atoms with van der Waals surface area (Å²) < 4.78 is 6.20. The number of thiophene rings is 1. The fraction of sp³-hybridized carbons (Fsp3) is 0.267. The first kappa shape index (κ1) is 15.1. The van der Waals surface area contributed by atoms with Crippen molar-refractivity contribution in [1.82, 2.24) is 0 Å². The van der Waals surface area contributed by atoms with Crippen LogP contribution in [-0.2, 0) is 4.74 Å². The summed E-state index contributed by atoms with van der Waals surface area (Å²) in [5.41, 5.74) is 1.40. The molecular weight excluding hydrogens is 333 g/mol. The van der Waals surface area contributed by atoms with Crippen LogP contribution in [-0.4, -0.2) is 28.5 Å². The van der Waals surface area contributed by atoms with Gasteiger partial charge < -0.3 is 0 Å². The third-order valence-corrected chi connectivity index (χ3v) is 4.13. The Labute approximate surface area is 131 Å². The van der Waals surface area contributed by atoms with Crippen LogP contribution in [0.3, 0.4) is 0 Å². The van der Waals surface area contributed by atoms with E-state index >= 15 is 0 Å². The molecule has 1 heterocycles. The molecule has 2 aromatic rings. The molecule has 0 fully saturated rings. The number of hydrogen-bond acceptors (Lipinski definition) is 3. The maximum atomic E-state index is 11.8. The molecule has 2 radical (unpaired) electrons. The number of carbonyl (C=O) groups excluding carboxylic acids is 1. The molecule has 0 aliphatic rings. The van der Waals surface area contributed by atoms with Crippen molar-refractivity contribution in [3.63, 3.8) is 0 Å². The summed E-state index contributed by atoms with van der Waals surface area (Å²) in [5.74, 6) is 0. The van der Waals surface area contributed by atoms with Crippen LogP contribution in [0.4, 0.5) is 10.5 Å². The summed E-state index contributed by atoms with van der Waals surface area (Å²) in [6.07, 6.45) is -0.436. The number of benzene rings is 1. The standard InChI is InChI=1S/C15H16AsNO2S/c1-15(2,3)19-14(18)17-12-7-6-10(9-11(12)16)13-5-4-8-20-13/h4-9H,1-3H3,(H,17,18). The molecule has 0 saturated carbocycles.